The Hall–Kier alpha value is -1.96. The fourth-order valence-corrected chi connectivity index (χ4v) is 3.13. The molecule has 7 heteroatoms. The van der Waals surface area contributed by atoms with Crippen LogP contribution in [0, 0.1) is 0 Å². The van der Waals surface area contributed by atoms with Crippen molar-refractivity contribution in [2.45, 2.75) is 6.42 Å². The first-order chi connectivity index (χ1) is 11.8. The largest absolute Gasteiger partial charge is 0.379 e. The Morgan fingerprint density at radius 3 is 3.00 bits per heavy atom. The average molecular weight is 346 g/mol. The van der Waals surface area contributed by atoms with Gasteiger partial charge in [-0.1, -0.05) is 6.07 Å². The summed E-state index contributed by atoms with van der Waals surface area (Å²) in [4.78, 5) is 18.8. The van der Waals surface area contributed by atoms with Crippen LogP contribution in [0.2, 0.25) is 0 Å². The smallest absolute Gasteiger partial charge is 0.251 e. The van der Waals surface area contributed by atoms with Gasteiger partial charge in [0.25, 0.3) is 5.91 Å². The third-order valence-corrected chi connectivity index (χ3v) is 4.54. The number of ether oxygens (including phenoxy) is 1. The molecule has 0 saturated carbocycles. The first kappa shape index (κ1) is 16.9. The maximum atomic E-state index is 12.3. The number of carbonyl (C=O) groups is 1. The number of amides is 1. The van der Waals surface area contributed by atoms with Gasteiger partial charge in [-0.05, 0) is 31.2 Å². The lowest BCUT2D eigenvalue weighted by molar-refractivity contribution is 0.0374. The minimum atomic E-state index is -0.0419. The van der Waals surface area contributed by atoms with Gasteiger partial charge in [0, 0.05) is 42.5 Å². The van der Waals surface area contributed by atoms with Crippen molar-refractivity contribution in [1.29, 1.82) is 0 Å². The quantitative estimate of drug-likeness (QED) is 0.753. The summed E-state index contributed by atoms with van der Waals surface area (Å²) in [6, 6.07) is 7.47. The molecule has 0 atom stereocenters. The molecule has 1 aliphatic heterocycles. The minimum Gasteiger partial charge on any atom is -0.379 e. The molecular weight excluding hydrogens is 324 g/mol. The maximum absolute atomic E-state index is 12.3. The predicted molar refractivity (Wildman–Crippen MR) is 96.0 cm³/mol. The van der Waals surface area contributed by atoms with Crippen LogP contribution < -0.4 is 10.6 Å². The second-order valence-corrected chi connectivity index (χ2v) is 6.50. The van der Waals surface area contributed by atoms with Crippen molar-refractivity contribution >= 4 is 28.1 Å². The number of carbonyl (C=O) groups excluding carboxylic acids is 1. The Morgan fingerprint density at radius 2 is 2.21 bits per heavy atom. The van der Waals surface area contributed by atoms with Gasteiger partial charge >= 0.3 is 0 Å². The van der Waals surface area contributed by atoms with E-state index in [9.17, 15) is 4.79 Å². The van der Waals surface area contributed by atoms with Gasteiger partial charge in [0.05, 0.1) is 13.2 Å². The number of benzene rings is 1. The molecule has 1 aromatic heterocycles. The molecule has 0 unspecified atom stereocenters. The summed E-state index contributed by atoms with van der Waals surface area (Å²) in [5.74, 6) is -0.0419. The summed E-state index contributed by atoms with van der Waals surface area (Å²) in [5, 5.41) is 8.91. The fraction of sp³-hybridized carbons (Fsp3) is 0.412. The zero-order valence-corrected chi connectivity index (χ0v) is 14.3. The van der Waals surface area contributed by atoms with Crippen molar-refractivity contribution in [2.24, 2.45) is 0 Å². The van der Waals surface area contributed by atoms with E-state index in [0.717, 1.165) is 50.1 Å². The van der Waals surface area contributed by atoms with Crippen molar-refractivity contribution < 1.29 is 9.53 Å². The molecule has 0 bridgehead atoms. The zero-order valence-electron chi connectivity index (χ0n) is 13.5. The summed E-state index contributed by atoms with van der Waals surface area (Å²) in [6.45, 7) is 5.27. The summed E-state index contributed by atoms with van der Waals surface area (Å²) < 4.78 is 5.33. The van der Waals surface area contributed by atoms with Crippen LogP contribution in [0.4, 0.5) is 10.8 Å². The monoisotopic (exact) mass is 346 g/mol. The van der Waals surface area contributed by atoms with E-state index in [1.54, 1.807) is 6.20 Å². The topological polar surface area (TPSA) is 66.5 Å². The Kier molecular flexibility index (Phi) is 6.17. The molecule has 1 fully saturated rings. The highest BCUT2D eigenvalue weighted by molar-refractivity contribution is 7.13. The lowest BCUT2D eigenvalue weighted by atomic mass is 10.2. The first-order valence-electron chi connectivity index (χ1n) is 8.16. The van der Waals surface area contributed by atoms with E-state index in [4.69, 9.17) is 4.74 Å². The summed E-state index contributed by atoms with van der Waals surface area (Å²) in [7, 11) is 0. The normalized spacial score (nSPS) is 15.2. The van der Waals surface area contributed by atoms with Crippen LogP contribution in [0.3, 0.4) is 0 Å². The maximum Gasteiger partial charge on any atom is 0.251 e. The van der Waals surface area contributed by atoms with E-state index in [1.165, 1.54) is 11.3 Å². The molecule has 0 aliphatic carbocycles. The van der Waals surface area contributed by atoms with Gasteiger partial charge in [0.2, 0.25) is 0 Å². The van der Waals surface area contributed by atoms with Crippen LogP contribution in [-0.4, -0.2) is 55.2 Å². The molecule has 6 nitrogen and oxygen atoms in total. The average Bonchev–Trinajstić information content (AvgIpc) is 3.13. The van der Waals surface area contributed by atoms with Crippen LogP contribution >= 0.6 is 11.3 Å². The fourth-order valence-electron chi connectivity index (χ4n) is 2.58. The molecule has 2 heterocycles. The van der Waals surface area contributed by atoms with E-state index < -0.39 is 0 Å². The number of rotatable bonds is 7. The van der Waals surface area contributed by atoms with Crippen molar-refractivity contribution in [3.8, 4) is 0 Å². The molecule has 1 aromatic carbocycles. The highest BCUT2D eigenvalue weighted by atomic mass is 32.1. The number of hydrogen-bond donors (Lipinski definition) is 2. The number of hydrogen-bond acceptors (Lipinski definition) is 6. The Bertz CT molecular complexity index is 642. The Morgan fingerprint density at radius 1 is 1.33 bits per heavy atom. The van der Waals surface area contributed by atoms with Gasteiger partial charge < -0.3 is 15.4 Å². The molecule has 3 rings (SSSR count). The molecule has 0 spiro atoms. The van der Waals surface area contributed by atoms with Crippen LogP contribution in [0.15, 0.2) is 35.8 Å². The number of nitrogens with one attached hydrogen (secondary N) is 2. The summed E-state index contributed by atoms with van der Waals surface area (Å²) in [6.07, 6.45) is 2.70. The van der Waals surface area contributed by atoms with Gasteiger partial charge in [-0.3, -0.25) is 9.69 Å². The number of anilines is 2. The van der Waals surface area contributed by atoms with Crippen molar-refractivity contribution in [3.05, 3.63) is 41.4 Å². The SMILES string of the molecule is O=C(NCCCN1CCOCC1)c1cccc(Nc2nccs2)c1. The molecule has 2 N–H and O–H groups in total. The summed E-state index contributed by atoms with van der Waals surface area (Å²) >= 11 is 1.53. The number of aromatic nitrogens is 1. The highest BCUT2D eigenvalue weighted by Gasteiger charge is 2.10. The van der Waals surface area contributed by atoms with Crippen LogP contribution in [-0.2, 0) is 4.74 Å². The molecule has 0 radical (unpaired) electrons. The van der Waals surface area contributed by atoms with E-state index in [-0.39, 0.29) is 5.91 Å². The van der Waals surface area contributed by atoms with Crippen molar-refractivity contribution in [1.82, 2.24) is 15.2 Å². The lowest BCUT2D eigenvalue weighted by Crippen LogP contribution is -2.38. The second-order valence-electron chi connectivity index (χ2n) is 5.61. The van der Waals surface area contributed by atoms with E-state index in [2.05, 4.69) is 20.5 Å². The van der Waals surface area contributed by atoms with Gasteiger partial charge in [-0.15, -0.1) is 11.3 Å². The summed E-state index contributed by atoms with van der Waals surface area (Å²) in [5.41, 5.74) is 1.52. The first-order valence-corrected chi connectivity index (χ1v) is 9.04. The Balaban J connectivity index is 1.44. The van der Waals surface area contributed by atoms with Gasteiger partial charge in [0.1, 0.15) is 0 Å². The van der Waals surface area contributed by atoms with E-state index in [1.807, 2.05) is 29.6 Å². The van der Waals surface area contributed by atoms with Gasteiger partial charge in [-0.2, -0.15) is 0 Å². The van der Waals surface area contributed by atoms with Crippen molar-refractivity contribution in [3.63, 3.8) is 0 Å². The minimum absolute atomic E-state index is 0.0419. The zero-order chi connectivity index (χ0) is 16.6. The molecule has 1 aliphatic rings. The second kappa shape index (κ2) is 8.77. The highest BCUT2D eigenvalue weighted by Crippen LogP contribution is 2.19. The molecule has 1 saturated heterocycles. The molecule has 2 aromatic rings. The number of morpholine rings is 1. The number of thiazole rings is 1. The molecule has 1 amide bonds. The van der Waals surface area contributed by atoms with Crippen LogP contribution in [0.5, 0.6) is 0 Å². The molecule has 128 valence electrons. The Labute approximate surface area is 145 Å². The van der Waals surface area contributed by atoms with E-state index >= 15 is 0 Å². The van der Waals surface area contributed by atoms with E-state index in [0.29, 0.717) is 12.1 Å². The van der Waals surface area contributed by atoms with Crippen LogP contribution in [0.25, 0.3) is 0 Å². The van der Waals surface area contributed by atoms with Crippen molar-refractivity contribution in [2.75, 3.05) is 44.7 Å². The van der Waals surface area contributed by atoms with Gasteiger partial charge in [0.15, 0.2) is 5.13 Å². The van der Waals surface area contributed by atoms with Gasteiger partial charge in [-0.25, -0.2) is 4.98 Å². The van der Waals surface area contributed by atoms with Crippen LogP contribution in [0.1, 0.15) is 16.8 Å². The lowest BCUT2D eigenvalue weighted by Gasteiger charge is -2.26. The molecular formula is C17H22N4O2S. The standard InChI is InChI=1S/C17H22N4O2S/c22-16(18-5-2-7-21-8-10-23-11-9-21)14-3-1-4-15(13-14)20-17-19-6-12-24-17/h1,3-4,6,12-13H,2,5,7-11H2,(H,18,22)(H,19,20). The third-order valence-electron chi connectivity index (χ3n) is 3.85. The number of nitrogens with zero attached hydrogens (tertiary/aromatic N) is 2. The molecule has 24 heavy (non-hydrogen) atoms. The predicted octanol–water partition coefficient (Wildman–Crippen LogP) is 2.34. The third kappa shape index (κ3) is 5.02.